The summed E-state index contributed by atoms with van der Waals surface area (Å²) in [7, 11) is 1.45. The summed E-state index contributed by atoms with van der Waals surface area (Å²) in [5, 5.41) is 15.8. The molecule has 2 fully saturated rings. The average molecular weight is 323 g/mol. The first kappa shape index (κ1) is 17.8. The third kappa shape index (κ3) is 4.70. The van der Waals surface area contributed by atoms with Crippen molar-refractivity contribution in [3.8, 4) is 0 Å². The van der Waals surface area contributed by atoms with Crippen molar-refractivity contribution in [2.45, 2.75) is 69.7 Å². The van der Waals surface area contributed by atoms with Gasteiger partial charge in [-0.15, -0.1) is 0 Å². The van der Waals surface area contributed by atoms with Crippen molar-refractivity contribution >= 4 is 25.5 Å². The van der Waals surface area contributed by atoms with E-state index < -0.39 is 24.1 Å². The fourth-order valence-electron chi connectivity index (χ4n) is 3.01. The minimum absolute atomic E-state index is 0.123. The molecular weight excluding hydrogens is 297 g/mol. The van der Waals surface area contributed by atoms with Gasteiger partial charge in [-0.05, 0) is 32.1 Å². The van der Waals surface area contributed by atoms with Crippen molar-refractivity contribution in [1.29, 1.82) is 0 Å². The lowest BCUT2D eigenvalue weighted by Crippen LogP contribution is -2.55. The molecule has 1 saturated heterocycles. The van der Waals surface area contributed by atoms with Crippen molar-refractivity contribution in [3.05, 3.63) is 0 Å². The largest absolute Gasteiger partial charge is 0.381 e. The van der Waals surface area contributed by atoms with E-state index in [1.807, 2.05) is 6.92 Å². The van der Waals surface area contributed by atoms with Crippen molar-refractivity contribution in [1.82, 2.24) is 15.5 Å². The molecule has 3 atom stereocenters. The maximum Gasteiger partial charge on any atom is 0.251 e. The van der Waals surface area contributed by atoms with E-state index in [1.54, 1.807) is 4.90 Å². The first-order valence-corrected chi connectivity index (χ1v) is 8.50. The molecule has 1 unspecified atom stereocenters. The van der Waals surface area contributed by atoms with Crippen molar-refractivity contribution in [2.75, 3.05) is 6.54 Å². The molecule has 0 bridgehead atoms. The van der Waals surface area contributed by atoms with Gasteiger partial charge in [0.1, 0.15) is 6.04 Å². The van der Waals surface area contributed by atoms with Crippen LogP contribution in [0.25, 0.3) is 0 Å². The van der Waals surface area contributed by atoms with Gasteiger partial charge in [0, 0.05) is 12.6 Å². The Kier molecular flexibility index (Phi) is 6.04. The number of nitrogens with zero attached hydrogens (tertiary/aromatic N) is 1. The predicted octanol–water partition coefficient (Wildman–Crippen LogP) is -0.872. The van der Waals surface area contributed by atoms with Gasteiger partial charge < -0.3 is 20.6 Å². The second kappa shape index (κ2) is 7.81. The standard InChI is InChI=1S/C15H26BN3O4/c1-2-4-10(12(20)14(22)17-9-6-7-9)18-13(21)11-5-3-8-19(11)15(16)23/h9-12,20H,2-8,16H2,1H3,(H,17,22)(H,18,21)/t10-,11-,12?/m0/s1. The number of nitrogens with one attached hydrogen (secondary N) is 2. The van der Waals surface area contributed by atoms with Gasteiger partial charge in [-0.2, -0.15) is 0 Å². The molecule has 1 aliphatic heterocycles. The van der Waals surface area contributed by atoms with Crippen LogP contribution in [0.1, 0.15) is 45.4 Å². The summed E-state index contributed by atoms with van der Waals surface area (Å²) in [4.78, 5) is 37.6. The Labute approximate surface area is 137 Å². The highest BCUT2D eigenvalue weighted by molar-refractivity contribution is 6.57. The van der Waals surface area contributed by atoms with Gasteiger partial charge in [0.25, 0.3) is 5.91 Å². The van der Waals surface area contributed by atoms with Crippen LogP contribution in [-0.2, 0) is 9.59 Å². The number of hydrogen-bond donors (Lipinski definition) is 3. The van der Waals surface area contributed by atoms with Crippen molar-refractivity contribution in [3.63, 3.8) is 0 Å². The third-order valence-electron chi connectivity index (χ3n) is 4.46. The van der Waals surface area contributed by atoms with Gasteiger partial charge in [-0.25, -0.2) is 0 Å². The van der Waals surface area contributed by atoms with E-state index >= 15 is 0 Å². The molecule has 0 aromatic rings. The molecule has 0 radical (unpaired) electrons. The maximum absolute atomic E-state index is 12.5. The summed E-state index contributed by atoms with van der Waals surface area (Å²) in [6.45, 7) is 2.51. The van der Waals surface area contributed by atoms with Crippen molar-refractivity contribution < 1.29 is 19.5 Å². The van der Waals surface area contributed by atoms with Crippen LogP contribution in [0.4, 0.5) is 4.79 Å². The van der Waals surface area contributed by atoms with Crippen LogP contribution in [0.2, 0.25) is 0 Å². The number of carbonyl (C=O) groups excluding carboxylic acids is 3. The van der Waals surface area contributed by atoms with Gasteiger partial charge in [0.2, 0.25) is 13.8 Å². The second-order valence-corrected chi connectivity index (χ2v) is 6.50. The molecule has 2 aliphatic rings. The predicted molar refractivity (Wildman–Crippen MR) is 87.7 cm³/mol. The fraction of sp³-hybridized carbons (Fsp3) is 0.800. The zero-order valence-corrected chi connectivity index (χ0v) is 13.9. The maximum atomic E-state index is 12.5. The van der Waals surface area contributed by atoms with Crippen LogP contribution in [0.15, 0.2) is 0 Å². The lowest BCUT2D eigenvalue weighted by Gasteiger charge is -2.28. The van der Waals surface area contributed by atoms with Crippen LogP contribution in [-0.4, -0.2) is 66.2 Å². The van der Waals surface area contributed by atoms with E-state index in [4.69, 9.17) is 0 Å². The Hall–Kier alpha value is -1.57. The Bertz CT molecular complexity index is 470. The van der Waals surface area contributed by atoms with Gasteiger partial charge in [0.15, 0.2) is 11.9 Å². The van der Waals surface area contributed by atoms with Gasteiger partial charge in [-0.3, -0.25) is 14.4 Å². The zero-order chi connectivity index (χ0) is 17.0. The van der Waals surface area contributed by atoms with Crippen LogP contribution >= 0.6 is 0 Å². The van der Waals surface area contributed by atoms with E-state index in [-0.39, 0.29) is 17.8 Å². The topological polar surface area (TPSA) is 98.7 Å². The summed E-state index contributed by atoms with van der Waals surface area (Å²) >= 11 is 0. The molecular formula is C15H26BN3O4. The van der Waals surface area contributed by atoms with E-state index in [2.05, 4.69) is 10.6 Å². The Morgan fingerprint density at radius 3 is 2.57 bits per heavy atom. The number of likely N-dealkylation sites (tertiary alicyclic amines) is 1. The molecule has 7 nitrogen and oxygen atoms in total. The highest BCUT2D eigenvalue weighted by atomic mass is 16.3. The molecule has 0 spiro atoms. The lowest BCUT2D eigenvalue weighted by atomic mass is 10.0. The molecule has 0 aromatic carbocycles. The first-order chi connectivity index (χ1) is 10.9. The minimum atomic E-state index is -1.26. The monoisotopic (exact) mass is 323 g/mol. The number of hydrogen-bond acceptors (Lipinski definition) is 4. The number of rotatable bonds is 7. The van der Waals surface area contributed by atoms with Crippen LogP contribution in [0.5, 0.6) is 0 Å². The number of carbonyl (C=O) groups is 3. The smallest absolute Gasteiger partial charge is 0.251 e. The molecule has 3 amide bonds. The minimum Gasteiger partial charge on any atom is -0.381 e. The quantitative estimate of drug-likeness (QED) is 0.530. The molecule has 3 N–H and O–H groups in total. The number of aliphatic hydroxyl groups excluding tert-OH is 1. The third-order valence-corrected chi connectivity index (χ3v) is 4.46. The first-order valence-electron chi connectivity index (χ1n) is 8.50. The van der Waals surface area contributed by atoms with E-state index in [0.29, 0.717) is 19.4 Å². The summed E-state index contributed by atoms with van der Waals surface area (Å²) in [5.74, 6) is -0.836. The number of amides is 3. The summed E-state index contributed by atoms with van der Waals surface area (Å²) in [6.07, 6.45) is 3.29. The Morgan fingerprint density at radius 1 is 1.30 bits per heavy atom. The Morgan fingerprint density at radius 2 is 2.00 bits per heavy atom. The molecule has 8 heteroatoms. The molecule has 2 rings (SSSR count). The number of aliphatic hydroxyl groups is 1. The van der Waals surface area contributed by atoms with Crippen LogP contribution in [0, 0.1) is 0 Å². The van der Waals surface area contributed by atoms with E-state index in [9.17, 15) is 19.5 Å². The highest BCUT2D eigenvalue weighted by Gasteiger charge is 2.36. The Balaban J connectivity index is 1.95. The summed E-state index contributed by atoms with van der Waals surface area (Å²) in [6, 6.07) is -0.954. The molecule has 1 heterocycles. The van der Waals surface area contributed by atoms with E-state index in [1.165, 1.54) is 7.85 Å². The normalized spacial score (nSPS) is 23.2. The van der Waals surface area contributed by atoms with Gasteiger partial charge >= 0.3 is 0 Å². The van der Waals surface area contributed by atoms with Crippen LogP contribution < -0.4 is 10.6 Å². The highest BCUT2D eigenvalue weighted by Crippen LogP contribution is 2.20. The lowest BCUT2D eigenvalue weighted by molar-refractivity contribution is -0.133. The second-order valence-electron chi connectivity index (χ2n) is 6.50. The van der Waals surface area contributed by atoms with E-state index in [0.717, 1.165) is 25.7 Å². The summed E-state index contributed by atoms with van der Waals surface area (Å²) in [5.41, 5.74) is 0. The van der Waals surface area contributed by atoms with Crippen molar-refractivity contribution in [2.24, 2.45) is 0 Å². The zero-order valence-electron chi connectivity index (χ0n) is 13.9. The van der Waals surface area contributed by atoms with Gasteiger partial charge in [0.05, 0.1) is 6.04 Å². The molecule has 128 valence electrons. The summed E-state index contributed by atoms with van der Waals surface area (Å²) < 4.78 is 0. The molecule has 1 saturated carbocycles. The van der Waals surface area contributed by atoms with Crippen LogP contribution in [0.3, 0.4) is 0 Å². The SMILES string of the molecule is BC(=O)N1CCC[C@H]1C(=O)N[C@@H](CCC)C(O)C(=O)NC1CC1. The molecule has 1 aliphatic carbocycles. The molecule has 23 heavy (non-hydrogen) atoms. The fourth-order valence-corrected chi connectivity index (χ4v) is 3.01. The molecule has 0 aromatic heterocycles. The average Bonchev–Trinajstić information content (AvgIpc) is 3.17. The van der Waals surface area contributed by atoms with Gasteiger partial charge in [-0.1, -0.05) is 13.3 Å².